The van der Waals surface area contributed by atoms with Gasteiger partial charge in [-0.3, -0.25) is 0 Å². The Labute approximate surface area is 58.7 Å². The maximum Gasteiger partial charge on any atom is 0.0146 e. The first-order valence-electron chi connectivity index (χ1n) is 3.61. The van der Waals surface area contributed by atoms with Gasteiger partial charge in [-0.2, -0.15) is 0 Å². The molecule has 0 radical (unpaired) electrons. The minimum Gasteiger partial charge on any atom is -0.103 e. The molecule has 0 rings (SSSR count). The molecule has 0 saturated carbocycles. The molecule has 0 unspecified atom stereocenters. The third-order valence-corrected chi connectivity index (χ3v) is 0.901. The van der Waals surface area contributed by atoms with Crippen molar-refractivity contribution in [2.45, 2.75) is 34.1 Å². The lowest BCUT2D eigenvalue weighted by Crippen LogP contribution is -1.83. The molecule has 0 aliphatic heterocycles. The summed E-state index contributed by atoms with van der Waals surface area (Å²) in [7, 11) is 0. The normalized spacial score (nSPS) is 9.56. The van der Waals surface area contributed by atoms with E-state index in [1.807, 2.05) is 0 Å². The van der Waals surface area contributed by atoms with E-state index in [-0.39, 0.29) is 0 Å². The van der Waals surface area contributed by atoms with E-state index in [2.05, 4.69) is 39.5 Å². The molecule has 52 valence electrons. The van der Waals surface area contributed by atoms with Crippen LogP contribution in [-0.4, -0.2) is 0 Å². The third kappa shape index (κ3) is 7.56. The third-order valence-electron chi connectivity index (χ3n) is 0.901. The summed E-state index contributed by atoms with van der Waals surface area (Å²) in [5, 5.41) is 0. The molecule has 0 aromatic carbocycles. The Morgan fingerprint density at radius 2 is 1.67 bits per heavy atom. The molecule has 0 fully saturated rings. The fraction of sp³-hybridized carbons (Fsp3) is 0.778. The van der Waals surface area contributed by atoms with E-state index in [1.165, 1.54) is 0 Å². The fourth-order valence-corrected chi connectivity index (χ4v) is 0.467. The van der Waals surface area contributed by atoms with Gasteiger partial charge in [0, 0.05) is 12.3 Å². The molecule has 0 bridgehead atoms. The van der Waals surface area contributed by atoms with Crippen LogP contribution in [0, 0.1) is 23.7 Å². The summed E-state index contributed by atoms with van der Waals surface area (Å²) in [6.45, 7) is 8.62. The van der Waals surface area contributed by atoms with E-state index in [0.717, 1.165) is 12.3 Å². The van der Waals surface area contributed by atoms with Crippen LogP contribution in [0.4, 0.5) is 0 Å². The van der Waals surface area contributed by atoms with Crippen LogP contribution in [0.2, 0.25) is 0 Å². The molecule has 0 atom stereocenters. The van der Waals surface area contributed by atoms with Crippen LogP contribution >= 0.6 is 0 Å². The van der Waals surface area contributed by atoms with Gasteiger partial charge in [0.25, 0.3) is 0 Å². The maximum atomic E-state index is 3.13. The Balaban J connectivity index is 3.38. The van der Waals surface area contributed by atoms with E-state index in [0.29, 0.717) is 5.92 Å². The summed E-state index contributed by atoms with van der Waals surface area (Å²) in [4.78, 5) is 0. The zero-order valence-electron chi connectivity index (χ0n) is 6.86. The van der Waals surface area contributed by atoms with Gasteiger partial charge in [0.05, 0.1) is 0 Å². The van der Waals surface area contributed by atoms with Gasteiger partial charge in [0.1, 0.15) is 0 Å². The lowest BCUT2D eigenvalue weighted by atomic mass is 10.1. The van der Waals surface area contributed by atoms with Crippen molar-refractivity contribution in [3.05, 3.63) is 0 Å². The van der Waals surface area contributed by atoms with E-state index < -0.39 is 0 Å². The lowest BCUT2D eigenvalue weighted by molar-refractivity contribution is 0.674. The molecule has 0 aromatic heterocycles. The van der Waals surface area contributed by atoms with Gasteiger partial charge in [-0.1, -0.05) is 27.7 Å². The quantitative estimate of drug-likeness (QED) is 0.471. The van der Waals surface area contributed by atoms with E-state index in [1.54, 1.807) is 0 Å². The van der Waals surface area contributed by atoms with Gasteiger partial charge in [0.2, 0.25) is 0 Å². The molecule has 0 amide bonds. The Hall–Kier alpha value is -0.440. The van der Waals surface area contributed by atoms with Gasteiger partial charge in [-0.25, -0.2) is 0 Å². The largest absolute Gasteiger partial charge is 0.103 e. The van der Waals surface area contributed by atoms with Crippen molar-refractivity contribution in [3.63, 3.8) is 0 Å². The molecule has 0 spiro atoms. The maximum absolute atomic E-state index is 3.13. The summed E-state index contributed by atoms with van der Waals surface area (Å²) in [6, 6.07) is 0. The van der Waals surface area contributed by atoms with E-state index in [4.69, 9.17) is 0 Å². The highest BCUT2D eigenvalue weighted by molar-refractivity contribution is 5.01. The number of rotatable bonds is 1. The Bertz CT molecular complexity index is 110. The van der Waals surface area contributed by atoms with Crippen LogP contribution in [0.3, 0.4) is 0 Å². The van der Waals surface area contributed by atoms with Gasteiger partial charge in [-0.05, 0) is 5.92 Å². The summed E-state index contributed by atoms with van der Waals surface area (Å²) in [6.07, 6.45) is 1.04. The minimum atomic E-state index is 0.531. The molecular weight excluding hydrogens is 108 g/mol. The molecular formula is C9H16. The predicted octanol–water partition coefficient (Wildman–Crippen LogP) is 2.69. The van der Waals surface area contributed by atoms with Crippen LogP contribution < -0.4 is 0 Å². The van der Waals surface area contributed by atoms with Crippen molar-refractivity contribution in [1.82, 2.24) is 0 Å². The minimum absolute atomic E-state index is 0.531. The Kier molecular flexibility index (Phi) is 4.22. The second kappa shape index (κ2) is 4.44. The number of hydrogen-bond donors (Lipinski definition) is 0. The molecule has 0 N–H and O–H groups in total. The smallest absolute Gasteiger partial charge is 0.0146 e. The first-order chi connectivity index (χ1) is 4.13. The number of hydrogen-bond acceptors (Lipinski definition) is 0. The molecule has 0 saturated heterocycles. The molecule has 0 heteroatoms. The van der Waals surface area contributed by atoms with Gasteiger partial charge < -0.3 is 0 Å². The van der Waals surface area contributed by atoms with Crippen molar-refractivity contribution >= 4 is 0 Å². The van der Waals surface area contributed by atoms with Crippen LogP contribution in [0.1, 0.15) is 34.1 Å². The highest BCUT2D eigenvalue weighted by Gasteiger charge is 1.86. The second-order valence-electron chi connectivity index (χ2n) is 3.07. The molecule has 0 heterocycles. The average molecular weight is 124 g/mol. The molecule has 0 aromatic rings. The first-order valence-corrected chi connectivity index (χ1v) is 3.61. The van der Waals surface area contributed by atoms with Crippen molar-refractivity contribution < 1.29 is 0 Å². The van der Waals surface area contributed by atoms with E-state index in [9.17, 15) is 0 Å². The molecule has 0 aliphatic rings. The molecule has 0 aliphatic carbocycles. The zero-order valence-corrected chi connectivity index (χ0v) is 6.86. The highest BCUT2D eigenvalue weighted by Crippen LogP contribution is 1.96. The van der Waals surface area contributed by atoms with Crippen LogP contribution in [0.25, 0.3) is 0 Å². The highest BCUT2D eigenvalue weighted by atomic mass is 13.9. The zero-order chi connectivity index (χ0) is 7.28. The standard InChI is InChI=1S/C9H16/c1-8(2)6-5-7-9(3)4/h8-9H,6H2,1-4H3. The first kappa shape index (κ1) is 8.56. The van der Waals surface area contributed by atoms with Crippen molar-refractivity contribution in [2.24, 2.45) is 11.8 Å². The topological polar surface area (TPSA) is 0 Å². The fourth-order valence-electron chi connectivity index (χ4n) is 0.467. The van der Waals surface area contributed by atoms with Gasteiger partial charge in [-0.15, -0.1) is 11.8 Å². The Morgan fingerprint density at radius 3 is 2.00 bits per heavy atom. The molecule has 0 nitrogen and oxygen atoms in total. The Morgan fingerprint density at radius 1 is 1.11 bits per heavy atom. The summed E-state index contributed by atoms with van der Waals surface area (Å²) >= 11 is 0. The summed E-state index contributed by atoms with van der Waals surface area (Å²) in [5.41, 5.74) is 0. The van der Waals surface area contributed by atoms with Crippen LogP contribution in [-0.2, 0) is 0 Å². The SMILES string of the molecule is CC(C)C#CCC(C)C. The second-order valence-corrected chi connectivity index (χ2v) is 3.07. The lowest BCUT2D eigenvalue weighted by Gasteiger charge is -1.93. The summed E-state index contributed by atoms with van der Waals surface area (Å²) < 4.78 is 0. The van der Waals surface area contributed by atoms with E-state index >= 15 is 0 Å². The predicted molar refractivity (Wildman–Crippen MR) is 42.1 cm³/mol. The van der Waals surface area contributed by atoms with Crippen molar-refractivity contribution in [3.8, 4) is 11.8 Å². The van der Waals surface area contributed by atoms with Gasteiger partial charge in [0.15, 0.2) is 0 Å². The van der Waals surface area contributed by atoms with Crippen molar-refractivity contribution in [2.75, 3.05) is 0 Å². The van der Waals surface area contributed by atoms with Crippen molar-refractivity contribution in [1.29, 1.82) is 0 Å². The average Bonchev–Trinajstić information content (AvgIpc) is 1.63. The summed E-state index contributed by atoms with van der Waals surface area (Å²) in [5.74, 6) is 7.51. The molecule has 9 heavy (non-hydrogen) atoms. The van der Waals surface area contributed by atoms with Crippen LogP contribution in [0.15, 0.2) is 0 Å². The van der Waals surface area contributed by atoms with Gasteiger partial charge >= 0.3 is 0 Å². The van der Waals surface area contributed by atoms with Crippen LogP contribution in [0.5, 0.6) is 0 Å². The monoisotopic (exact) mass is 124 g/mol.